The lowest BCUT2D eigenvalue weighted by molar-refractivity contribution is -0.117. The minimum Gasteiger partial charge on any atom is -0.325 e. The molecule has 1 amide bonds. The van der Waals surface area contributed by atoms with Crippen LogP contribution in [0, 0.1) is 24.7 Å². The first-order valence-corrected chi connectivity index (χ1v) is 7.78. The summed E-state index contributed by atoms with van der Waals surface area (Å²) in [5.74, 6) is 6.51. The van der Waals surface area contributed by atoms with Crippen molar-refractivity contribution in [2.45, 2.75) is 45.4 Å². The first-order valence-electron chi connectivity index (χ1n) is 7.78. The van der Waals surface area contributed by atoms with Crippen molar-refractivity contribution in [3.05, 3.63) is 29.3 Å². The lowest BCUT2D eigenvalue weighted by atomic mass is 9.87. The van der Waals surface area contributed by atoms with Crippen LogP contribution in [0.1, 0.15) is 49.7 Å². The second kappa shape index (κ2) is 7.85. The predicted octanol–water partition coefficient (Wildman–Crippen LogP) is 3.21. The fraction of sp³-hybridized carbons (Fsp3) is 0.500. The number of aryl methyl sites for hydroxylation is 1. The van der Waals surface area contributed by atoms with Gasteiger partial charge >= 0.3 is 0 Å². The van der Waals surface area contributed by atoms with Gasteiger partial charge in [0.05, 0.1) is 12.2 Å². The maximum atomic E-state index is 12.2. The SMILES string of the molecule is Cc1ccc(C#CCN)c(NC(=O)CC2CCCCC2)c1. The molecule has 2 rings (SSSR count). The minimum absolute atomic E-state index is 0.100. The third-order valence-electron chi connectivity index (χ3n) is 3.97. The van der Waals surface area contributed by atoms with E-state index in [4.69, 9.17) is 5.73 Å². The van der Waals surface area contributed by atoms with Gasteiger partial charge in [0.2, 0.25) is 5.91 Å². The Morgan fingerprint density at radius 1 is 1.33 bits per heavy atom. The van der Waals surface area contributed by atoms with Crippen molar-refractivity contribution < 1.29 is 4.79 Å². The lowest BCUT2D eigenvalue weighted by Gasteiger charge is -2.21. The fourth-order valence-corrected chi connectivity index (χ4v) is 2.87. The standard InChI is InChI=1S/C18H24N2O/c1-14-9-10-16(8-5-11-19)17(12-14)20-18(21)13-15-6-3-2-4-7-15/h9-10,12,15H,2-4,6-7,11,13,19H2,1H3,(H,20,21). The zero-order chi connectivity index (χ0) is 15.1. The Labute approximate surface area is 127 Å². The zero-order valence-corrected chi connectivity index (χ0v) is 12.7. The van der Waals surface area contributed by atoms with Crippen LogP contribution in [-0.4, -0.2) is 12.5 Å². The van der Waals surface area contributed by atoms with Gasteiger partial charge in [0.25, 0.3) is 0 Å². The highest BCUT2D eigenvalue weighted by Gasteiger charge is 2.17. The third-order valence-corrected chi connectivity index (χ3v) is 3.97. The van der Waals surface area contributed by atoms with E-state index < -0.39 is 0 Å². The summed E-state index contributed by atoms with van der Waals surface area (Å²) < 4.78 is 0. The smallest absolute Gasteiger partial charge is 0.224 e. The van der Waals surface area contributed by atoms with Gasteiger partial charge in [-0.15, -0.1) is 0 Å². The molecule has 0 heterocycles. The average Bonchev–Trinajstić information content (AvgIpc) is 2.47. The molecule has 1 saturated carbocycles. The van der Waals surface area contributed by atoms with E-state index in [0.717, 1.165) is 16.8 Å². The number of nitrogens with one attached hydrogen (secondary N) is 1. The number of benzene rings is 1. The van der Waals surface area contributed by atoms with Crippen LogP contribution in [0.3, 0.4) is 0 Å². The molecule has 0 bridgehead atoms. The number of amides is 1. The second-order valence-electron chi connectivity index (χ2n) is 5.81. The maximum Gasteiger partial charge on any atom is 0.224 e. The number of hydrogen-bond donors (Lipinski definition) is 2. The highest BCUT2D eigenvalue weighted by Crippen LogP contribution is 2.27. The molecule has 1 aromatic rings. The van der Waals surface area contributed by atoms with Crippen molar-refractivity contribution >= 4 is 11.6 Å². The molecule has 1 aromatic carbocycles. The van der Waals surface area contributed by atoms with Gasteiger partial charge in [-0.2, -0.15) is 0 Å². The van der Waals surface area contributed by atoms with E-state index in [1.165, 1.54) is 32.1 Å². The van der Waals surface area contributed by atoms with Crippen LogP contribution >= 0.6 is 0 Å². The van der Waals surface area contributed by atoms with Crippen LogP contribution in [0.5, 0.6) is 0 Å². The minimum atomic E-state index is 0.100. The molecule has 0 saturated heterocycles. The summed E-state index contributed by atoms with van der Waals surface area (Å²) in [7, 11) is 0. The third kappa shape index (κ3) is 4.91. The Morgan fingerprint density at radius 2 is 2.10 bits per heavy atom. The molecule has 112 valence electrons. The average molecular weight is 284 g/mol. The van der Waals surface area contributed by atoms with E-state index in [-0.39, 0.29) is 5.91 Å². The van der Waals surface area contributed by atoms with Crippen LogP contribution in [0.4, 0.5) is 5.69 Å². The summed E-state index contributed by atoms with van der Waals surface area (Å²) >= 11 is 0. The van der Waals surface area contributed by atoms with E-state index >= 15 is 0 Å². The van der Waals surface area contributed by atoms with Gasteiger partial charge in [-0.1, -0.05) is 37.2 Å². The molecule has 21 heavy (non-hydrogen) atoms. The molecule has 3 N–H and O–H groups in total. The van der Waals surface area contributed by atoms with Crippen LogP contribution in [0.2, 0.25) is 0 Å². The van der Waals surface area contributed by atoms with Gasteiger partial charge in [-0.3, -0.25) is 4.79 Å². The van der Waals surface area contributed by atoms with E-state index in [0.29, 0.717) is 18.9 Å². The maximum absolute atomic E-state index is 12.2. The molecule has 0 aromatic heterocycles. The van der Waals surface area contributed by atoms with Gasteiger partial charge in [-0.05, 0) is 43.4 Å². The van der Waals surface area contributed by atoms with Crippen molar-refractivity contribution in [3.63, 3.8) is 0 Å². The van der Waals surface area contributed by atoms with Crippen molar-refractivity contribution in [1.82, 2.24) is 0 Å². The summed E-state index contributed by atoms with van der Waals surface area (Å²) in [6.07, 6.45) is 6.82. The molecular formula is C18H24N2O. The largest absolute Gasteiger partial charge is 0.325 e. The first kappa shape index (κ1) is 15.6. The molecule has 0 aliphatic heterocycles. The Morgan fingerprint density at radius 3 is 2.81 bits per heavy atom. The molecule has 0 radical (unpaired) electrons. The Bertz CT molecular complexity index is 548. The van der Waals surface area contributed by atoms with E-state index in [1.807, 2.05) is 25.1 Å². The highest BCUT2D eigenvalue weighted by atomic mass is 16.1. The number of hydrogen-bond acceptors (Lipinski definition) is 2. The molecule has 0 atom stereocenters. The number of rotatable bonds is 3. The fourth-order valence-electron chi connectivity index (χ4n) is 2.87. The summed E-state index contributed by atoms with van der Waals surface area (Å²) in [6.45, 7) is 2.33. The number of nitrogens with two attached hydrogens (primary N) is 1. The van der Waals surface area contributed by atoms with Gasteiger partial charge in [0.15, 0.2) is 0 Å². The Balaban J connectivity index is 2.03. The van der Waals surface area contributed by atoms with Crippen molar-refractivity contribution in [1.29, 1.82) is 0 Å². The predicted molar refractivity (Wildman–Crippen MR) is 86.9 cm³/mol. The number of anilines is 1. The van der Waals surface area contributed by atoms with Crippen molar-refractivity contribution in [2.75, 3.05) is 11.9 Å². The highest BCUT2D eigenvalue weighted by molar-refractivity contribution is 5.92. The topological polar surface area (TPSA) is 55.1 Å². The van der Waals surface area contributed by atoms with Crippen LogP contribution < -0.4 is 11.1 Å². The summed E-state index contributed by atoms with van der Waals surface area (Å²) in [6, 6.07) is 5.91. The van der Waals surface area contributed by atoms with Crippen molar-refractivity contribution in [2.24, 2.45) is 11.7 Å². The molecule has 1 fully saturated rings. The van der Waals surface area contributed by atoms with E-state index in [9.17, 15) is 4.79 Å². The molecule has 1 aliphatic carbocycles. The van der Waals surface area contributed by atoms with Gasteiger partial charge in [0.1, 0.15) is 0 Å². The normalized spacial score (nSPS) is 15.1. The second-order valence-corrected chi connectivity index (χ2v) is 5.81. The Kier molecular flexibility index (Phi) is 5.83. The van der Waals surface area contributed by atoms with Crippen LogP contribution in [-0.2, 0) is 4.79 Å². The Hall–Kier alpha value is -1.79. The summed E-state index contributed by atoms with van der Waals surface area (Å²) in [5.41, 5.74) is 8.17. The monoisotopic (exact) mass is 284 g/mol. The quantitative estimate of drug-likeness (QED) is 0.837. The summed E-state index contributed by atoms with van der Waals surface area (Å²) in [5, 5.41) is 3.03. The molecular weight excluding hydrogens is 260 g/mol. The molecule has 3 nitrogen and oxygen atoms in total. The zero-order valence-electron chi connectivity index (χ0n) is 12.7. The number of carbonyl (C=O) groups excluding carboxylic acids is 1. The van der Waals surface area contributed by atoms with Gasteiger partial charge < -0.3 is 11.1 Å². The number of carbonyl (C=O) groups is 1. The van der Waals surface area contributed by atoms with Crippen molar-refractivity contribution in [3.8, 4) is 11.8 Å². The molecule has 1 aliphatic rings. The molecule has 3 heteroatoms. The van der Waals surface area contributed by atoms with Crippen LogP contribution in [0.25, 0.3) is 0 Å². The lowest BCUT2D eigenvalue weighted by Crippen LogP contribution is -2.18. The van der Waals surface area contributed by atoms with E-state index in [2.05, 4.69) is 17.2 Å². The van der Waals surface area contributed by atoms with Gasteiger partial charge in [0, 0.05) is 12.0 Å². The summed E-state index contributed by atoms with van der Waals surface area (Å²) in [4.78, 5) is 12.2. The first-order chi connectivity index (χ1) is 10.2. The molecule has 0 unspecified atom stereocenters. The van der Waals surface area contributed by atoms with E-state index in [1.54, 1.807) is 0 Å². The van der Waals surface area contributed by atoms with Gasteiger partial charge in [-0.25, -0.2) is 0 Å². The molecule has 0 spiro atoms. The van der Waals surface area contributed by atoms with Crippen LogP contribution in [0.15, 0.2) is 18.2 Å².